The van der Waals surface area contributed by atoms with E-state index in [0.29, 0.717) is 5.44 Å². The minimum absolute atomic E-state index is 0.0463. The fourth-order valence-electron chi connectivity index (χ4n) is 0.953. The van der Waals surface area contributed by atoms with Gasteiger partial charge in [-0.05, 0) is 13.8 Å². The van der Waals surface area contributed by atoms with E-state index in [1.807, 2.05) is 32.5 Å². The van der Waals surface area contributed by atoms with Crippen LogP contribution in [0.5, 0.6) is 0 Å². The van der Waals surface area contributed by atoms with Crippen LogP contribution in [0.25, 0.3) is 0 Å². The van der Waals surface area contributed by atoms with Crippen LogP contribution in [-0.4, -0.2) is 37.3 Å². The summed E-state index contributed by atoms with van der Waals surface area (Å²) >= 11 is 1.87. The standard InChI is InChI=1S/C4H8O2.C4H8OS.C2H6/c2*1-4-5-2-3-6-4;1-2/h2*4H,2-3H2,1H3;1-2H3. The lowest BCUT2D eigenvalue weighted by atomic mass is 10.8. The lowest BCUT2D eigenvalue weighted by Gasteiger charge is -1.94. The van der Waals surface area contributed by atoms with Crippen LogP contribution in [0.15, 0.2) is 0 Å². The van der Waals surface area contributed by atoms with Gasteiger partial charge in [0.15, 0.2) is 6.29 Å². The molecular formula is C10H22O3S. The van der Waals surface area contributed by atoms with Crippen LogP contribution in [0, 0.1) is 0 Å². The van der Waals surface area contributed by atoms with E-state index < -0.39 is 0 Å². The number of ether oxygens (including phenoxy) is 3. The van der Waals surface area contributed by atoms with Crippen LogP contribution in [-0.2, 0) is 14.2 Å². The topological polar surface area (TPSA) is 27.7 Å². The molecule has 2 fully saturated rings. The van der Waals surface area contributed by atoms with Crippen LogP contribution in [0.3, 0.4) is 0 Å². The fourth-order valence-corrected chi connectivity index (χ4v) is 1.67. The average molecular weight is 222 g/mol. The molecule has 0 spiro atoms. The smallest absolute Gasteiger partial charge is 0.155 e. The Kier molecular flexibility index (Phi) is 9.93. The van der Waals surface area contributed by atoms with E-state index in [1.165, 1.54) is 5.75 Å². The van der Waals surface area contributed by atoms with Crippen molar-refractivity contribution in [3.05, 3.63) is 0 Å². The molecule has 2 rings (SSSR count). The van der Waals surface area contributed by atoms with Crippen LogP contribution in [0.4, 0.5) is 0 Å². The van der Waals surface area contributed by atoms with Crippen LogP contribution in [0.1, 0.15) is 27.7 Å². The minimum atomic E-state index is 0.0463. The third kappa shape index (κ3) is 7.62. The second-order valence-corrected chi connectivity index (χ2v) is 4.02. The lowest BCUT2D eigenvalue weighted by Crippen LogP contribution is -1.97. The van der Waals surface area contributed by atoms with Crippen LogP contribution < -0.4 is 0 Å². The largest absolute Gasteiger partial charge is 0.367 e. The first-order chi connectivity index (χ1) is 6.79. The Morgan fingerprint density at radius 2 is 1.50 bits per heavy atom. The molecule has 2 saturated heterocycles. The Morgan fingerprint density at radius 3 is 1.64 bits per heavy atom. The lowest BCUT2D eigenvalue weighted by molar-refractivity contribution is -0.0254. The van der Waals surface area contributed by atoms with E-state index in [-0.39, 0.29) is 6.29 Å². The highest BCUT2D eigenvalue weighted by atomic mass is 32.2. The Labute approximate surface area is 91.5 Å². The van der Waals surface area contributed by atoms with Gasteiger partial charge in [0.2, 0.25) is 0 Å². The van der Waals surface area contributed by atoms with Gasteiger partial charge in [-0.25, -0.2) is 0 Å². The first kappa shape index (κ1) is 14.2. The molecular weight excluding hydrogens is 200 g/mol. The molecule has 1 unspecified atom stereocenters. The fraction of sp³-hybridized carbons (Fsp3) is 1.00. The summed E-state index contributed by atoms with van der Waals surface area (Å²) in [6.07, 6.45) is 0.0463. The van der Waals surface area contributed by atoms with E-state index in [1.54, 1.807) is 0 Å². The molecule has 0 amide bonds. The molecule has 4 heteroatoms. The summed E-state index contributed by atoms with van der Waals surface area (Å²) in [6.45, 7) is 10.5. The predicted molar refractivity (Wildman–Crippen MR) is 60.6 cm³/mol. The molecule has 0 radical (unpaired) electrons. The highest BCUT2D eigenvalue weighted by Gasteiger charge is 2.08. The van der Waals surface area contributed by atoms with E-state index >= 15 is 0 Å². The Hall–Kier alpha value is 0.230. The highest BCUT2D eigenvalue weighted by Crippen LogP contribution is 2.17. The number of hydrogen-bond acceptors (Lipinski definition) is 4. The molecule has 0 aromatic carbocycles. The number of rotatable bonds is 0. The van der Waals surface area contributed by atoms with Gasteiger partial charge in [-0.3, -0.25) is 0 Å². The van der Waals surface area contributed by atoms with Crippen molar-refractivity contribution in [3.8, 4) is 0 Å². The van der Waals surface area contributed by atoms with Gasteiger partial charge in [0.1, 0.15) is 5.44 Å². The summed E-state index contributed by atoms with van der Waals surface area (Å²) in [5, 5.41) is 0. The molecule has 0 aromatic heterocycles. The van der Waals surface area contributed by atoms with Gasteiger partial charge in [0.05, 0.1) is 19.8 Å². The molecule has 0 bridgehead atoms. The van der Waals surface area contributed by atoms with Gasteiger partial charge in [-0.2, -0.15) is 0 Å². The normalized spacial score (nSPS) is 26.1. The molecule has 2 aliphatic heterocycles. The molecule has 3 nitrogen and oxygen atoms in total. The van der Waals surface area contributed by atoms with Gasteiger partial charge < -0.3 is 14.2 Å². The van der Waals surface area contributed by atoms with E-state index in [9.17, 15) is 0 Å². The van der Waals surface area contributed by atoms with E-state index in [4.69, 9.17) is 14.2 Å². The van der Waals surface area contributed by atoms with Crippen molar-refractivity contribution in [2.24, 2.45) is 0 Å². The summed E-state index contributed by atoms with van der Waals surface area (Å²) in [7, 11) is 0. The Morgan fingerprint density at radius 1 is 0.929 bits per heavy atom. The summed E-state index contributed by atoms with van der Waals surface area (Å²) in [6, 6.07) is 0. The van der Waals surface area contributed by atoms with Crippen molar-refractivity contribution in [2.45, 2.75) is 39.4 Å². The van der Waals surface area contributed by atoms with Crippen LogP contribution in [0.2, 0.25) is 0 Å². The highest BCUT2D eigenvalue weighted by molar-refractivity contribution is 7.99. The predicted octanol–water partition coefficient (Wildman–Crippen LogP) is 2.50. The molecule has 86 valence electrons. The van der Waals surface area contributed by atoms with E-state index in [2.05, 4.69) is 6.92 Å². The SMILES string of the molecule is CC.CC1OCCO1.CC1OCCS1. The first-order valence-corrected chi connectivity index (χ1v) is 6.30. The average Bonchev–Trinajstić information content (AvgIpc) is 2.83. The quantitative estimate of drug-likeness (QED) is 0.629. The van der Waals surface area contributed by atoms with Crippen molar-refractivity contribution < 1.29 is 14.2 Å². The maximum Gasteiger partial charge on any atom is 0.155 e. The molecule has 0 aromatic rings. The zero-order valence-corrected chi connectivity index (χ0v) is 10.4. The molecule has 0 N–H and O–H groups in total. The summed E-state index contributed by atoms with van der Waals surface area (Å²) in [5.74, 6) is 1.18. The van der Waals surface area contributed by atoms with Gasteiger partial charge in [0.25, 0.3) is 0 Å². The summed E-state index contributed by atoms with van der Waals surface area (Å²) < 4.78 is 15.0. The van der Waals surface area contributed by atoms with Crippen molar-refractivity contribution in [2.75, 3.05) is 25.6 Å². The van der Waals surface area contributed by atoms with Crippen molar-refractivity contribution in [3.63, 3.8) is 0 Å². The molecule has 1 atom stereocenters. The molecule has 2 aliphatic rings. The monoisotopic (exact) mass is 222 g/mol. The van der Waals surface area contributed by atoms with Crippen molar-refractivity contribution in [1.82, 2.24) is 0 Å². The van der Waals surface area contributed by atoms with Crippen molar-refractivity contribution in [1.29, 1.82) is 0 Å². The Balaban J connectivity index is 0.000000206. The van der Waals surface area contributed by atoms with Gasteiger partial charge >= 0.3 is 0 Å². The van der Waals surface area contributed by atoms with Gasteiger partial charge in [0, 0.05) is 5.75 Å². The third-order valence-corrected chi connectivity index (χ3v) is 2.58. The maximum atomic E-state index is 5.12. The zero-order valence-electron chi connectivity index (χ0n) is 9.62. The van der Waals surface area contributed by atoms with Crippen molar-refractivity contribution >= 4 is 11.8 Å². The summed E-state index contributed by atoms with van der Waals surface area (Å²) in [5.41, 5.74) is 0.463. The zero-order chi connectivity index (χ0) is 10.8. The second kappa shape index (κ2) is 9.77. The Bertz CT molecular complexity index is 95.9. The first-order valence-electron chi connectivity index (χ1n) is 5.25. The number of thioether (sulfide) groups is 1. The number of hydrogen-bond donors (Lipinski definition) is 0. The molecule has 2 heterocycles. The molecule has 0 aliphatic carbocycles. The summed E-state index contributed by atoms with van der Waals surface area (Å²) in [4.78, 5) is 0. The maximum absolute atomic E-state index is 5.12. The molecule has 14 heavy (non-hydrogen) atoms. The van der Waals surface area contributed by atoms with E-state index in [0.717, 1.165) is 19.8 Å². The van der Waals surface area contributed by atoms with Crippen LogP contribution >= 0.6 is 11.8 Å². The van der Waals surface area contributed by atoms with Gasteiger partial charge in [-0.1, -0.05) is 13.8 Å². The second-order valence-electron chi connectivity index (χ2n) is 2.62. The van der Waals surface area contributed by atoms with Gasteiger partial charge in [-0.15, -0.1) is 11.8 Å². The molecule has 0 saturated carbocycles. The minimum Gasteiger partial charge on any atom is -0.367 e. The third-order valence-electron chi connectivity index (χ3n) is 1.58.